The summed E-state index contributed by atoms with van der Waals surface area (Å²) in [6.45, 7) is 0.766. The number of nitrogens with two attached hydrogens (primary N) is 1. The van der Waals surface area contributed by atoms with Gasteiger partial charge in [0.05, 0.1) is 0 Å². The Bertz CT molecular complexity index is 619. The number of thioether (sulfide) groups is 1. The van der Waals surface area contributed by atoms with E-state index in [1.165, 1.54) is 7.05 Å². The number of hydrogen-bond donors (Lipinski definition) is 2. The molecule has 0 aliphatic carbocycles. The van der Waals surface area contributed by atoms with Gasteiger partial charge in [-0.15, -0.1) is 11.8 Å². The summed E-state index contributed by atoms with van der Waals surface area (Å²) in [5.41, 5.74) is 5.49. The maximum absolute atomic E-state index is 12.1. The van der Waals surface area contributed by atoms with Crippen LogP contribution in [0.15, 0.2) is 54.6 Å². The Hall–Kier alpha value is -1.98. The first kappa shape index (κ1) is 17.4. The van der Waals surface area contributed by atoms with Crippen molar-refractivity contribution in [3.8, 4) is 11.5 Å². The number of benzene rings is 2. The highest BCUT2D eigenvalue weighted by molar-refractivity contribution is 8.00. The third-order valence-electron chi connectivity index (χ3n) is 3.28. The van der Waals surface area contributed by atoms with Crippen LogP contribution in [0.4, 0.5) is 0 Å². The number of carbonyl (C=O) groups excluding carboxylic acids is 1. The Morgan fingerprint density at radius 1 is 1.09 bits per heavy atom. The predicted octanol–water partition coefficient (Wildman–Crippen LogP) is 3.35. The molecule has 1 fully saturated rings. The maximum atomic E-state index is 12.1. The van der Waals surface area contributed by atoms with Crippen LogP contribution in [0.5, 0.6) is 11.5 Å². The Labute approximate surface area is 141 Å². The zero-order valence-electron chi connectivity index (χ0n) is 13.2. The molecule has 1 atom stereocenters. The average molecular weight is 330 g/mol. The molecule has 3 N–H and O–H groups in total. The summed E-state index contributed by atoms with van der Waals surface area (Å²) in [4.78, 5) is 12.1. The molecule has 0 aromatic heterocycles. The fourth-order valence-corrected chi connectivity index (χ4v) is 3.39. The van der Waals surface area contributed by atoms with Crippen molar-refractivity contribution >= 4 is 17.7 Å². The number of ether oxygens (including phenoxy) is 1. The molecule has 1 heterocycles. The van der Waals surface area contributed by atoms with E-state index in [4.69, 9.17) is 4.74 Å². The van der Waals surface area contributed by atoms with Crippen molar-refractivity contribution in [2.24, 2.45) is 5.73 Å². The van der Waals surface area contributed by atoms with Crippen LogP contribution in [-0.4, -0.2) is 25.3 Å². The van der Waals surface area contributed by atoms with E-state index in [1.54, 1.807) is 11.8 Å². The van der Waals surface area contributed by atoms with Crippen LogP contribution in [0.25, 0.3) is 0 Å². The molecule has 4 nitrogen and oxygen atoms in total. The molecule has 1 amide bonds. The van der Waals surface area contributed by atoms with Gasteiger partial charge in [-0.1, -0.05) is 30.3 Å². The Morgan fingerprint density at radius 3 is 2.61 bits per heavy atom. The SMILES string of the molecule is CN.O=C1NCCCSC1c1cccc(Oc2ccccc2)c1. The third-order valence-corrected chi connectivity index (χ3v) is 4.63. The van der Waals surface area contributed by atoms with Crippen LogP contribution >= 0.6 is 11.8 Å². The van der Waals surface area contributed by atoms with E-state index in [9.17, 15) is 4.79 Å². The molecule has 1 aliphatic heterocycles. The van der Waals surface area contributed by atoms with Crippen molar-refractivity contribution < 1.29 is 9.53 Å². The summed E-state index contributed by atoms with van der Waals surface area (Å²) in [5.74, 6) is 2.64. The average Bonchev–Trinajstić information content (AvgIpc) is 2.82. The number of para-hydroxylation sites is 1. The van der Waals surface area contributed by atoms with Gasteiger partial charge < -0.3 is 15.8 Å². The number of rotatable bonds is 3. The highest BCUT2D eigenvalue weighted by atomic mass is 32.2. The Balaban J connectivity index is 0.000000924. The normalized spacial score (nSPS) is 17.3. The Kier molecular flexibility index (Phi) is 6.97. The fraction of sp³-hybridized carbons (Fsp3) is 0.278. The summed E-state index contributed by atoms with van der Waals surface area (Å²) < 4.78 is 5.84. The van der Waals surface area contributed by atoms with Gasteiger partial charge in [0, 0.05) is 6.54 Å². The molecular weight excluding hydrogens is 308 g/mol. The predicted molar refractivity (Wildman–Crippen MR) is 95.9 cm³/mol. The van der Waals surface area contributed by atoms with Gasteiger partial charge in [0.1, 0.15) is 16.7 Å². The largest absolute Gasteiger partial charge is 0.457 e. The standard InChI is InChI=1S/C17H17NO2S.CH5N/c19-17-16(21-11-5-10-18-17)13-6-4-9-15(12-13)20-14-7-2-1-3-8-14;1-2/h1-4,6-9,12,16H,5,10-11H2,(H,18,19);2H2,1H3. The van der Waals surface area contributed by atoms with E-state index in [0.717, 1.165) is 35.8 Å². The molecule has 5 heteroatoms. The first-order valence-electron chi connectivity index (χ1n) is 7.63. The molecule has 23 heavy (non-hydrogen) atoms. The van der Waals surface area contributed by atoms with Crippen LogP contribution in [0, 0.1) is 0 Å². The van der Waals surface area contributed by atoms with Gasteiger partial charge in [-0.25, -0.2) is 0 Å². The summed E-state index contributed by atoms with van der Waals surface area (Å²) in [6, 6.07) is 17.5. The number of hydrogen-bond acceptors (Lipinski definition) is 4. The summed E-state index contributed by atoms with van der Waals surface area (Å²) in [5, 5.41) is 2.82. The van der Waals surface area contributed by atoms with Gasteiger partial charge in [-0.2, -0.15) is 0 Å². The minimum absolute atomic E-state index is 0.0920. The molecule has 0 bridgehead atoms. The molecule has 3 rings (SSSR count). The van der Waals surface area contributed by atoms with E-state index in [-0.39, 0.29) is 11.2 Å². The minimum atomic E-state index is -0.146. The lowest BCUT2D eigenvalue weighted by atomic mass is 10.1. The molecule has 1 aliphatic rings. The second-order valence-corrected chi connectivity index (χ2v) is 6.10. The highest BCUT2D eigenvalue weighted by Crippen LogP contribution is 2.33. The van der Waals surface area contributed by atoms with Crippen LogP contribution < -0.4 is 15.8 Å². The zero-order valence-corrected chi connectivity index (χ0v) is 14.0. The summed E-state index contributed by atoms with van der Waals surface area (Å²) in [6.07, 6.45) is 1.02. The van der Waals surface area contributed by atoms with E-state index < -0.39 is 0 Å². The van der Waals surface area contributed by atoms with E-state index >= 15 is 0 Å². The Morgan fingerprint density at radius 2 is 1.83 bits per heavy atom. The van der Waals surface area contributed by atoms with E-state index in [0.29, 0.717) is 0 Å². The second kappa shape index (κ2) is 9.22. The molecule has 0 radical (unpaired) electrons. The smallest absolute Gasteiger partial charge is 0.237 e. The number of carbonyl (C=O) groups is 1. The van der Waals surface area contributed by atoms with Gasteiger partial charge >= 0.3 is 0 Å². The van der Waals surface area contributed by atoms with Crippen molar-refractivity contribution in [2.45, 2.75) is 11.7 Å². The molecule has 1 unspecified atom stereocenters. The van der Waals surface area contributed by atoms with Crippen molar-refractivity contribution in [2.75, 3.05) is 19.3 Å². The van der Waals surface area contributed by atoms with Gasteiger partial charge in [-0.3, -0.25) is 4.79 Å². The van der Waals surface area contributed by atoms with Gasteiger partial charge in [0.2, 0.25) is 5.91 Å². The highest BCUT2D eigenvalue weighted by Gasteiger charge is 2.23. The van der Waals surface area contributed by atoms with Crippen LogP contribution in [-0.2, 0) is 4.79 Å². The van der Waals surface area contributed by atoms with Gasteiger partial charge in [0.15, 0.2) is 0 Å². The summed E-state index contributed by atoms with van der Waals surface area (Å²) in [7, 11) is 1.50. The van der Waals surface area contributed by atoms with Gasteiger partial charge in [-0.05, 0) is 49.1 Å². The first-order chi connectivity index (χ1) is 11.3. The van der Waals surface area contributed by atoms with Crippen LogP contribution in [0.1, 0.15) is 17.2 Å². The lowest BCUT2D eigenvalue weighted by Gasteiger charge is -2.14. The lowest BCUT2D eigenvalue weighted by Crippen LogP contribution is -2.26. The lowest BCUT2D eigenvalue weighted by molar-refractivity contribution is -0.120. The second-order valence-electron chi connectivity index (χ2n) is 4.88. The molecule has 1 saturated heterocycles. The monoisotopic (exact) mass is 330 g/mol. The number of amides is 1. The maximum Gasteiger partial charge on any atom is 0.237 e. The zero-order chi connectivity index (χ0) is 16.5. The van der Waals surface area contributed by atoms with Crippen molar-refractivity contribution in [1.29, 1.82) is 0 Å². The molecule has 0 spiro atoms. The van der Waals surface area contributed by atoms with E-state index in [1.807, 2.05) is 54.6 Å². The molecule has 122 valence electrons. The van der Waals surface area contributed by atoms with Gasteiger partial charge in [0.25, 0.3) is 0 Å². The third kappa shape index (κ3) is 5.01. The molecular formula is C18H22N2O2S. The molecule has 2 aromatic carbocycles. The first-order valence-corrected chi connectivity index (χ1v) is 8.68. The molecule has 0 saturated carbocycles. The summed E-state index contributed by atoms with van der Waals surface area (Å²) >= 11 is 1.69. The van der Waals surface area contributed by atoms with Crippen LogP contribution in [0.3, 0.4) is 0 Å². The topological polar surface area (TPSA) is 64.4 Å². The van der Waals surface area contributed by atoms with Crippen molar-refractivity contribution in [1.82, 2.24) is 5.32 Å². The number of nitrogens with one attached hydrogen (secondary N) is 1. The van der Waals surface area contributed by atoms with Crippen molar-refractivity contribution in [3.05, 3.63) is 60.2 Å². The fourth-order valence-electron chi connectivity index (χ4n) is 2.27. The molecule has 2 aromatic rings. The van der Waals surface area contributed by atoms with Crippen LogP contribution in [0.2, 0.25) is 0 Å². The van der Waals surface area contributed by atoms with Crippen molar-refractivity contribution in [3.63, 3.8) is 0 Å². The van der Waals surface area contributed by atoms with E-state index in [2.05, 4.69) is 11.1 Å². The minimum Gasteiger partial charge on any atom is -0.457 e. The quantitative estimate of drug-likeness (QED) is 0.906.